The molecule has 4 rings (SSSR count). The van der Waals surface area contributed by atoms with Gasteiger partial charge in [0.05, 0.1) is 20.1 Å². The van der Waals surface area contributed by atoms with Crippen molar-refractivity contribution in [3.63, 3.8) is 0 Å². The number of carbonyl (C=O) groups excluding carboxylic acids is 2. The molecular formula is C27H28N2O4. The summed E-state index contributed by atoms with van der Waals surface area (Å²) in [6, 6.07) is 21.0. The van der Waals surface area contributed by atoms with Crippen LogP contribution in [-0.4, -0.2) is 37.0 Å². The Morgan fingerprint density at radius 2 is 1.73 bits per heavy atom. The Hall–Kier alpha value is -3.80. The first-order chi connectivity index (χ1) is 16.0. The highest BCUT2D eigenvalue weighted by Gasteiger charge is 2.21. The molecule has 0 saturated carbocycles. The van der Waals surface area contributed by atoms with Crippen molar-refractivity contribution in [2.45, 2.75) is 26.4 Å². The normalized spacial score (nSPS) is 12.8. The third kappa shape index (κ3) is 5.71. The number of nitrogens with one attached hydrogen (secondary N) is 1. The van der Waals surface area contributed by atoms with Gasteiger partial charge in [-0.25, -0.2) is 0 Å². The minimum Gasteiger partial charge on any atom is -0.497 e. The van der Waals surface area contributed by atoms with Gasteiger partial charge in [0.15, 0.2) is 0 Å². The van der Waals surface area contributed by atoms with Gasteiger partial charge < -0.3 is 19.7 Å². The van der Waals surface area contributed by atoms with Crippen molar-refractivity contribution in [2.24, 2.45) is 0 Å². The number of hydrogen-bond acceptors (Lipinski definition) is 4. The molecule has 1 heterocycles. The quantitative estimate of drug-likeness (QED) is 0.626. The molecule has 0 unspecified atom stereocenters. The Balaban J connectivity index is 1.42. The maximum Gasteiger partial charge on any atom is 0.251 e. The summed E-state index contributed by atoms with van der Waals surface area (Å²) >= 11 is 0. The highest BCUT2D eigenvalue weighted by molar-refractivity contribution is 5.94. The average molecular weight is 445 g/mol. The van der Waals surface area contributed by atoms with Gasteiger partial charge in [-0.1, -0.05) is 42.0 Å². The molecule has 0 radical (unpaired) electrons. The van der Waals surface area contributed by atoms with Gasteiger partial charge in [-0.2, -0.15) is 0 Å². The van der Waals surface area contributed by atoms with E-state index in [9.17, 15) is 9.59 Å². The van der Waals surface area contributed by atoms with Crippen LogP contribution in [0, 0.1) is 6.92 Å². The smallest absolute Gasteiger partial charge is 0.251 e. The lowest BCUT2D eigenvalue weighted by Gasteiger charge is -2.20. The minimum atomic E-state index is -0.154. The van der Waals surface area contributed by atoms with Crippen molar-refractivity contribution >= 4 is 11.8 Å². The molecule has 6 heteroatoms. The number of ether oxygens (including phenoxy) is 2. The molecule has 0 saturated heterocycles. The van der Waals surface area contributed by atoms with Crippen LogP contribution in [0.4, 0.5) is 0 Å². The number of aryl methyl sites for hydroxylation is 1. The van der Waals surface area contributed by atoms with Crippen LogP contribution in [0.3, 0.4) is 0 Å². The van der Waals surface area contributed by atoms with Gasteiger partial charge in [-0.15, -0.1) is 0 Å². The van der Waals surface area contributed by atoms with Crippen molar-refractivity contribution < 1.29 is 19.1 Å². The molecular weight excluding hydrogens is 416 g/mol. The Kier molecular flexibility index (Phi) is 6.93. The Morgan fingerprint density at radius 1 is 1.00 bits per heavy atom. The lowest BCUT2D eigenvalue weighted by Crippen LogP contribution is -2.33. The second kappa shape index (κ2) is 10.2. The molecule has 0 aromatic heterocycles. The van der Waals surface area contributed by atoms with Crippen LogP contribution in [0.2, 0.25) is 0 Å². The van der Waals surface area contributed by atoms with E-state index < -0.39 is 0 Å². The Labute approximate surface area is 194 Å². The van der Waals surface area contributed by atoms with Gasteiger partial charge in [0.2, 0.25) is 5.91 Å². The van der Waals surface area contributed by atoms with Crippen LogP contribution in [0.5, 0.6) is 11.5 Å². The van der Waals surface area contributed by atoms with E-state index in [1.165, 1.54) is 5.56 Å². The molecule has 170 valence electrons. The fourth-order valence-electron chi connectivity index (χ4n) is 3.77. The molecule has 3 aromatic rings. The number of amides is 2. The molecule has 3 aromatic carbocycles. The summed E-state index contributed by atoms with van der Waals surface area (Å²) in [4.78, 5) is 27.5. The first kappa shape index (κ1) is 22.4. The topological polar surface area (TPSA) is 67.9 Å². The van der Waals surface area contributed by atoms with Gasteiger partial charge in [0, 0.05) is 24.2 Å². The zero-order chi connectivity index (χ0) is 23.2. The molecule has 1 aliphatic rings. The number of fused-ring (bicyclic) bond motifs is 1. The zero-order valence-corrected chi connectivity index (χ0v) is 19.0. The maximum atomic E-state index is 12.9. The van der Waals surface area contributed by atoms with Crippen LogP contribution in [0.1, 0.15) is 32.6 Å². The van der Waals surface area contributed by atoms with Crippen LogP contribution in [-0.2, 0) is 24.3 Å². The van der Waals surface area contributed by atoms with Gasteiger partial charge in [0.25, 0.3) is 5.91 Å². The van der Waals surface area contributed by atoms with Crippen molar-refractivity contribution in [2.75, 3.05) is 20.3 Å². The van der Waals surface area contributed by atoms with Gasteiger partial charge in [-0.05, 0) is 48.4 Å². The lowest BCUT2D eigenvalue weighted by molar-refractivity contribution is -0.131. The largest absolute Gasteiger partial charge is 0.497 e. The van der Waals surface area contributed by atoms with E-state index >= 15 is 0 Å². The second-order valence-electron chi connectivity index (χ2n) is 8.18. The third-order valence-electron chi connectivity index (χ3n) is 5.74. The molecule has 0 aliphatic carbocycles. The second-order valence-corrected chi connectivity index (χ2v) is 8.18. The van der Waals surface area contributed by atoms with E-state index in [4.69, 9.17) is 9.47 Å². The van der Waals surface area contributed by atoms with E-state index in [0.717, 1.165) is 22.4 Å². The first-order valence-corrected chi connectivity index (χ1v) is 11.0. The zero-order valence-electron chi connectivity index (χ0n) is 19.0. The third-order valence-corrected chi connectivity index (χ3v) is 5.74. The summed E-state index contributed by atoms with van der Waals surface area (Å²) in [5, 5.41) is 2.96. The van der Waals surface area contributed by atoms with Crippen LogP contribution >= 0.6 is 0 Å². The molecule has 0 fully saturated rings. The summed E-state index contributed by atoms with van der Waals surface area (Å²) in [6.07, 6.45) is 0.302. The summed E-state index contributed by atoms with van der Waals surface area (Å²) in [5.41, 5.74) is 4.53. The molecule has 0 spiro atoms. The number of nitrogens with zero attached hydrogens (tertiary/aromatic N) is 1. The fourth-order valence-corrected chi connectivity index (χ4v) is 3.77. The van der Waals surface area contributed by atoms with Crippen molar-refractivity contribution in [3.05, 3.63) is 94.5 Å². The van der Waals surface area contributed by atoms with Gasteiger partial charge in [-0.3, -0.25) is 9.59 Å². The fraction of sp³-hybridized carbons (Fsp3) is 0.259. The highest BCUT2D eigenvalue weighted by Crippen LogP contribution is 2.25. The van der Waals surface area contributed by atoms with Gasteiger partial charge in [0.1, 0.15) is 18.1 Å². The Bertz CT molecular complexity index is 1120. The highest BCUT2D eigenvalue weighted by atomic mass is 16.5. The molecule has 1 aliphatic heterocycles. The van der Waals surface area contributed by atoms with E-state index in [2.05, 4.69) is 5.32 Å². The lowest BCUT2D eigenvalue weighted by atomic mass is 10.1. The maximum absolute atomic E-state index is 12.9. The standard InChI is InChI=1S/C27H28N2O4/c1-19-3-5-21(6-4-19)17-28-27(31)22-9-12-25-23(16-22)18-29(13-14-33-25)26(30)15-20-7-10-24(32-2)11-8-20/h3-12,16H,13-15,17-18H2,1-2H3,(H,28,31). The van der Waals surface area contributed by atoms with Crippen molar-refractivity contribution in [1.82, 2.24) is 10.2 Å². The molecule has 0 bridgehead atoms. The molecule has 1 N–H and O–H groups in total. The predicted octanol–water partition coefficient (Wildman–Crippen LogP) is 3.90. The van der Waals surface area contributed by atoms with Gasteiger partial charge >= 0.3 is 0 Å². The monoisotopic (exact) mass is 444 g/mol. The number of rotatable bonds is 6. The number of hydrogen-bond donors (Lipinski definition) is 1. The minimum absolute atomic E-state index is 0.0193. The van der Waals surface area contributed by atoms with E-state index in [0.29, 0.717) is 44.0 Å². The predicted molar refractivity (Wildman–Crippen MR) is 126 cm³/mol. The molecule has 6 nitrogen and oxygen atoms in total. The van der Waals surface area contributed by atoms with Crippen molar-refractivity contribution in [1.29, 1.82) is 0 Å². The Morgan fingerprint density at radius 3 is 2.45 bits per heavy atom. The van der Waals surface area contributed by atoms with Crippen LogP contribution < -0.4 is 14.8 Å². The molecule has 0 atom stereocenters. The SMILES string of the molecule is COc1ccc(CC(=O)N2CCOc3ccc(C(=O)NCc4ccc(C)cc4)cc3C2)cc1. The summed E-state index contributed by atoms with van der Waals surface area (Å²) in [5.74, 6) is 1.34. The van der Waals surface area contributed by atoms with E-state index in [1.54, 1.807) is 18.1 Å². The molecule has 2 amide bonds. The first-order valence-electron chi connectivity index (χ1n) is 11.0. The number of benzene rings is 3. The summed E-state index contributed by atoms with van der Waals surface area (Å²) in [7, 11) is 1.62. The van der Waals surface area contributed by atoms with Crippen LogP contribution in [0.15, 0.2) is 66.7 Å². The average Bonchev–Trinajstić information content (AvgIpc) is 3.06. The molecule has 33 heavy (non-hydrogen) atoms. The summed E-state index contributed by atoms with van der Waals surface area (Å²) in [6.45, 7) is 3.81. The number of carbonyl (C=O) groups is 2. The van der Waals surface area contributed by atoms with E-state index in [1.807, 2.05) is 67.6 Å². The summed E-state index contributed by atoms with van der Waals surface area (Å²) < 4.78 is 11.0. The van der Waals surface area contributed by atoms with Crippen molar-refractivity contribution in [3.8, 4) is 11.5 Å². The number of methoxy groups -OCH3 is 1. The van der Waals surface area contributed by atoms with Crippen LogP contribution in [0.25, 0.3) is 0 Å². The van der Waals surface area contributed by atoms with E-state index in [-0.39, 0.29) is 11.8 Å².